The largest absolute Gasteiger partial charge is 0.494 e. The van der Waals surface area contributed by atoms with E-state index in [-0.39, 0.29) is 23.8 Å². The zero-order valence-corrected chi connectivity index (χ0v) is 15.2. The van der Waals surface area contributed by atoms with Gasteiger partial charge in [-0.15, -0.1) is 0 Å². The fourth-order valence-electron chi connectivity index (χ4n) is 3.91. The molecule has 2 fully saturated rings. The molecule has 0 radical (unpaired) electrons. The van der Waals surface area contributed by atoms with Gasteiger partial charge in [-0.05, 0) is 44.4 Å². The molecule has 2 amide bonds. The number of ether oxygens (including phenoxy) is 1. The summed E-state index contributed by atoms with van der Waals surface area (Å²) in [7, 11) is 0. The van der Waals surface area contributed by atoms with E-state index >= 15 is 0 Å². The van der Waals surface area contributed by atoms with Gasteiger partial charge in [0.1, 0.15) is 5.75 Å². The Bertz CT molecular complexity index is 608. The van der Waals surface area contributed by atoms with Gasteiger partial charge in [-0.25, -0.2) is 0 Å². The molecular formula is C20H28N2O3. The first-order chi connectivity index (χ1) is 12.1. The minimum atomic E-state index is -0.224. The SMILES string of the molecule is CCOc1ccc([C@H](C)NC(=O)[C@@H]2CC(=O)N(C3CCCC3)C2)cc1. The van der Waals surface area contributed by atoms with Crippen molar-refractivity contribution < 1.29 is 14.3 Å². The summed E-state index contributed by atoms with van der Waals surface area (Å²) in [6, 6.07) is 8.05. The summed E-state index contributed by atoms with van der Waals surface area (Å²) in [4.78, 5) is 26.8. The van der Waals surface area contributed by atoms with E-state index in [1.165, 1.54) is 12.8 Å². The molecule has 1 N–H and O–H groups in total. The summed E-state index contributed by atoms with van der Waals surface area (Å²) < 4.78 is 5.44. The average molecular weight is 344 g/mol. The molecule has 5 nitrogen and oxygen atoms in total. The van der Waals surface area contributed by atoms with Crippen molar-refractivity contribution in [2.75, 3.05) is 13.2 Å². The molecule has 1 saturated heterocycles. The minimum absolute atomic E-state index is 0.0183. The standard InChI is InChI=1S/C20H28N2O3/c1-3-25-18-10-8-15(9-11-18)14(2)21-20(24)16-12-19(23)22(13-16)17-6-4-5-7-17/h8-11,14,16-17H,3-7,12-13H2,1-2H3,(H,21,24)/t14-,16+/m0/s1. The van der Waals surface area contributed by atoms with Crippen LogP contribution < -0.4 is 10.1 Å². The fraction of sp³-hybridized carbons (Fsp3) is 0.600. The highest BCUT2D eigenvalue weighted by molar-refractivity contribution is 5.89. The number of amides is 2. The van der Waals surface area contributed by atoms with Gasteiger partial charge in [0.05, 0.1) is 18.6 Å². The second-order valence-corrected chi connectivity index (χ2v) is 7.12. The highest BCUT2D eigenvalue weighted by Gasteiger charge is 2.38. The first kappa shape index (κ1) is 17.8. The van der Waals surface area contributed by atoms with Gasteiger partial charge < -0.3 is 15.0 Å². The highest BCUT2D eigenvalue weighted by Crippen LogP contribution is 2.30. The minimum Gasteiger partial charge on any atom is -0.494 e. The van der Waals surface area contributed by atoms with E-state index in [9.17, 15) is 9.59 Å². The third-order valence-electron chi connectivity index (χ3n) is 5.34. The second-order valence-electron chi connectivity index (χ2n) is 7.12. The van der Waals surface area contributed by atoms with E-state index in [4.69, 9.17) is 4.74 Å². The molecule has 0 aromatic heterocycles. The van der Waals surface area contributed by atoms with Gasteiger partial charge in [0.2, 0.25) is 11.8 Å². The molecule has 0 unspecified atom stereocenters. The molecule has 1 aliphatic heterocycles. The molecule has 1 aromatic rings. The maximum Gasteiger partial charge on any atom is 0.225 e. The fourth-order valence-corrected chi connectivity index (χ4v) is 3.91. The molecule has 0 bridgehead atoms. The van der Waals surface area contributed by atoms with E-state index < -0.39 is 0 Å². The number of carbonyl (C=O) groups is 2. The zero-order valence-electron chi connectivity index (χ0n) is 15.2. The van der Waals surface area contributed by atoms with Gasteiger partial charge in [0.15, 0.2) is 0 Å². The molecule has 1 aliphatic carbocycles. The lowest BCUT2D eigenvalue weighted by Gasteiger charge is -2.24. The summed E-state index contributed by atoms with van der Waals surface area (Å²) in [6.07, 6.45) is 4.91. The predicted octanol–water partition coefficient (Wildman–Crippen LogP) is 3.05. The number of likely N-dealkylation sites (tertiary alicyclic amines) is 1. The van der Waals surface area contributed by atoms with Gasteiger partial charge in [-0.1, -0.05) is 25.0 Å². The van der Waals surface area contributed by atoms with Crippen molar-refractivity contribution in [1.29, 1.82) is 0 Å². The molecule has 1 saturated carbocycles. The number of benzene rings is 1. The predicted molar refractivity (Wildman–Crippen MR) is 96.2 cm³/mol. The van der Waals surface area contributed by atoms with Crippen molar-refractivity contribution in [3.05, 3.63) is 29.8 Å². The topological polar surface area (TPSA) is 58.6 Å². The van der Waals surface area contributed by atoms with E-state index in [0.29, 0.717) is 25.6 Å². The first-order valence-corrected chi connectivity index (χ1v) is 9.41. The summed E-state index contributed by atoms with van der Waals surface area (Å²) in [6.45, 7) is 5.14. The lowest BCUT2D eigenvalue weighted by atomic mass is 10.0. The highest BCUT2D eigenvalue weighted by atomic mass is 16.5. The number of carbonyl (C=O) groups excluding carboxylic acids is 2. The van der Waals surface area contributed by atoms with Crippen LogP contribution in [0.15, 0.2) is 24.3 Å². The van der Waals surface area contributed by atoms with Crippen LogP contribution in [0.3, 0.4) is 0 Å². The number of nitrogens with one attached hydrogen (secondary N) is 1. The monoisotopic (exact) mass is 344 g/mol. The zero-order chi connectivity index (χ0) is 17.8. The van der Waals surface area contributed by atoms with Crippen LogP contribution in [-0.2, 0) is 9.59 Å². The van der Waals surface area contributed by atoms with Crippen molar-refractivity contribution in [3.63, 3.8) is 0 Å². The molecule has 1 heterocycles. The van der Waals surface area contributed by atoms with E-state index in [0.717, 1.165) is 24.2 Å². The van der Waals surface area contributed by atoms with Crippen LogP contribution >= 0.6 is 0 Å². The Morgan fingerprint density at radius 2 is 1.96 bits per heavy atom. The third kappa shape index (κ3) is 4.14. The lowest BCUT2D eigenvalue weighted by molar-refractivity contribution is -0.130. The molecule has 2 aliphatic rings. The third-order valence-corrected chi connectivity index (χ3v) is 5.34. The maximum atomic E-state index is 12.6. The van der Waals surface area contributed by atoms with Crippen LogP contribution in [0.1, 0.15) is 57.6 Å². The molecular weight excluding hydrogens is 316 g/mol. The van der Waals surface area contributed by atoms with Crippen molar-refractivity contribution in [2.24, 2.45) is 5.92 Å². The van der Waals surface area contributed by atoms with Crippen LogP contribution in [0, 0.1) is 5.92 Å². The van der Waals surface area contributed by atoms with Gasteiger partial charge >= 0.3 is 0 Å². The Morgan fingerprint density at radius 1 is 1.28 bits per heavy atom. The number of nitrogens with zero attached hydrogens (tertiary/aromatic N) is 1. The van der Waals surface area contributed by atoms with Gasteiger partial charge in [0.25, 0.3) is 0 Å². The molecule has 25 heavy (non-hydrogen) atoms. The van der Waals surface area contributed by atoms with Crippen molar-refractivity contribution in [1.82, 2.24) is 10.2 Å². The quantitative estimate of drug-likeness (QED) is 0.863. The molecule has 5 heteroatoms. The van der Waals surface area contributed by atoms with Crippen molar-refractivity contribution in [2.45, 2.75) is 58.0 Å². The normalized spacial score (nSPS) is 22.2. The second kappa shape index (κ2) is 7.89. The van der Waals surface area contributed by atoms with E-state index in [2.05, 4.69) is 5.32 Å². The Labute approximate surface area is 149 Å². The van der Waals surface area contributed by atoms with Crippen molar-refractivity contribution in [3.8, 4) is 5.75 Å². The average Bonchev–Trinajstić information content (AvgIpc) is 3.25. The lowest BCUT2D eigenvalue weighted by Crippen LogP contribution is -2.37. The summed E-state index contributed by atoms with van der Waals surface area (Å²) >= 11 is 0. The number of hydrogen-bond acceptors (Lipinski definition) is 3. The molecule has 136 valence electrons. The van der Waals surface area contributed by atoms with E-state index in [1.54, 1.807) is 0 Å². The Balaban J connectivity index is 1.55. The number of rotatable bonds is 6. The van der Waals surface area contributed by atoms with Crippen LogP contribution in [0.5, 0.6) is 5.75 Å². The summed E-state index contributed by atoms with van der Waals surface area (Å²) in [5, 5.41) is 3.06. The molecule has 1 aromatic carbocycles. The van der Waals surface area contributed by atoms with Gasteiger partial charge in [-0.2, -0.15) is 0 Å². The Morgan fingerprint density at radius 3 is 2.60 bits per heavy atom. The van der Waals surface area contributed by atoms with Gasteiger partial charge in [0, 0.05) is 19.0 Å². The maximum absolute atomic E-state index is 12.6. The molecule has 3 rings (SSSR count). The van der Waals surface area contributed by atoms with Crippen LogP contribution in [0.25, 0.3) is 0 Å². The molecule has 0 spiro atoms. The van der Waals surface area contributed by atoms with Crippen molar-refractivity contribution >= 4 is 11.8 Å². The summed E-state index contributed by atoms with van der Waals surface area (Å²) in [5.41, 5.74) is 1.04. The van der Waals surface area contributed by atoms with E-state index in [1.807, 2.05) is 43.0 Å². The smallest absolute Gasteiger partial charge is 0.225 e. The van der Waals surface area contributed by atoms with Crippen LogP contribution in [0.2, 0.25) is 0 Å². The first-order valence-electron chi connectivity index (χ1n) is 9.41. The van der Waals surface area contributed by atoms with Crippen LogP contribution in [0.4, 0.5) is 0 Å². The van der Waals surface area contributed by atoms with Crippen LogP contribution in [-0.4, -0.2) is 35.9 Å². The Hall–Kier alpha value is -2.04. The molecule has 2 atom stereocenters. The Kier molecular flexibility index (Phi) is 5.61. The van der Waals surface area contributed by atoms with Gasteiger partial charge in [-0.3, -0.25) is 9.59 Å². The number of hydrogen-bond donors (Lipinski definition) is 1. The summed E-state index contributed by atoms with van der Waals surface area (Å²) in [5.74, 6) is 0.729.